The average molecular weight is 862 g/mol. The van der Waals surface area contributed by atoms with Gasteiger partial charge in [-0.05, 0) is 44.9 Å². The number of hydrogen-bond acceptors (Lipinski definition) is 5. The van der Waals surface area contributed by atoms with Crippen LogP contribution in [-0.2, 0) is 14.3 Å². The van der Waals surface area contributed by atoms with E-state index in [0.717, 1.165) is 51.4 Å². The van der Waals surface area contributed by atoms with Crippen LogP contribution in [0.3, 0.4) is 0 Å². The molecule has 0 aliphatic heterocycles. The average Bonchev–Trinajstić information content (AvgIpc) is 3.25. The summed E-state index contributed by atoms with van der Waals surface area (Å²) in [6, 6.07) is -0.703. The monoisotopic (exact) mass is 862 g/mol. The van der Waals surface area contributed by atoms with Crippen LogP contribution in [0.25, 0.3) is 0 Å². The molecule has 0 spiro atoms. The third kappa shape index (κ3) is 45.0. The Morgan fingerprint density at radius 3 is 1.20 bits per heavy atom. The van der Waals surface area contributed by atoms with Gasteiger partial charge in [0.05, 0.1) is 25.2 Å². The molecule has 61 heavy (non-hydrogen) atoms. The normalized spacial score (nSPS) is 13.2. The first-order chi connectivity index (χ1) is 30.0. The summed E-state index contributed by atoms with van der Waals surface area (Å²) < 4.78 is 5.93. The lowest BCUT2D eigenvalue weighted by atomic mass is 10.0. The molecule has 0 rings (SSSR count). The first-order valence-corrected chi connectivity index (χ1v) is 27.4. The lowest BCUT2D eigenvalue weighted by molar-refractivity contribution is -0.151. The maximum atomic E-state index is 13.2. The van der Waals surface area contributed by atoms with E-state index < -0.39 is 18.2 Å². The molecule has 362 valence electrons. The fraction of sp³-hybridized carbons (Fsp3) is 0.927. The summed E-state index contributed by atoms with van der Waals surface area (Å²) in [6.07, 6.45) is 55.7. The minimum Gasteiger partial charge on any atom is -0.462 e. The fourth-order valence-electron chi connectivity index (χ4n) is 8.67. The van der Waals surface area contributed by atoms with Crippen LogP contribution in [0, 0.1) is 0 Å². The standard InChI is InChI=1S/C55H107NO5/c1-4-7-10-13-16-19-22-24-26-27-28-30-33-36-39-42-45-48-55(60)61-51(46-43-40-37-34-31-21-18-15-12-9-6-3)49-54(59)56-52(50-57)53(58)47-44-41-38-35-32-29-25-23-20-17-14-11-8-5-2/h34,37,51-53,57-58H,4-33,35-36,38-50H2,1-3H3,(H,56,59)/b37-34-. The van der Waals surface area contributed by atoms with E-state index in [-0.39, 0.29) is 24.9 Å². The molecule has 0 aromatic heterocycles. The molecule has 0 fully saturated rings. The summed E-state index contributed by atoms with van der Waals surface area (Å²) in [5.41, 5.74) is 0. The summed E-state index contributed by atoms with van der Waals surface area (Å²) in [7, 11) is 0. The number of unbranched alkanes of at least 4 members (excludes halogenated alkanes) is 36. The molecule has 0 aliphatic carbocycles. The molecule has 0 saturated heterocycles. The summed E-state index contributed by atoms with van der Waals surface area (Å²) in [5, 5.41) is 23.8. The van der Waals surface area contributed by atoms with Gasteiger partial charge in [-0.25, -0.2) is 0 Å². The van der Waals surface area contributed by atoms with Crippen LogP contribution in [0.4, 0.5) is 0 Å². The molecule has 1 amide bonds. The van der Waals surface area contributed by atoms with Gasteiger partial charge in [0.25, 0.3) is 0 Å². The number of rotatable bonds is 50. The van der Waals surface area contributed by atoms with Crippen molar-refractivity contribution in [2.75, 3.05) is 6.61 Å². The zero-order valence-corrected chi connectivity index (χ0v) is 41.3. The highest BCUT2D eigenvalue weighted by molar-refractivity contribution is 5.77. The topological polar surface area (TPSA) is 95.9 Å². The third-order valence-electron chi connectivity index (χ3n) is 12.8. The van der Waals surface area contributed by atoms with Gasteiger partial charge in [0, 0.05) is 6.42 Å². The first kappa shape index (κ1) is 59.6. The highest BCUT2D eigenvalue weighted by Gasteiger charge is 2.24. The van der Waals surface area contributed by atoms with E-state index in [1.807, 2.05) is 0 Å². The van der Waals surface area contributed by atoms with Crippen LogP contribution in [0.2, 0.25) is 0 Å². The molecule has 0 saturated carbocycles. The van der Waals surface area contributed by atoms with Crippen molar-refractivity contribution in [3.05, 3.63) is 12.2 Å². The number of nitrogens with one attached hydrogen (secondary N) is 1. The van der Waals surface area contributed by atoms with E-state index in [1.165, 1.54) is 205 Å². The number of aliphatic hydroxyl groups excluding tert-OH is 2. The van der Waals surface area contributed by atoms with Crippen LogP contribution >= 0.6 is 0 Å². The Balaban J connectivity index is 4.46. The molecule has 0 aromatic rings. The minimum atomic E-state index is -0.788. The zero-order chi connectivity index (χ0) is 44.5. The van der Waals surface area contributed by atoms with Gasteiger partial charge in [0.15, 0.2) is 0 Å². The Bertz CT molecular complexity index is 924. The Kier molecular flexibility index (Phi) is 48.5. The smallest absolute Gasteiger partial charge is 0.306 e. The second kappa shape index (κ2) is 49.6. The van der Waals surface area contributed by atoms with Crippen molar-refractivity contribution in [2.24, 2.45) is 0 Å². The number of esters is 1. The molecule has 3 unspecified atom stereocenters. The maximum Gasteiger partial charge on any atom is 0.306 e. The molecular formula is C55H107NO5. The molecule has 6 nitrogen and oxygen atoms in total. The van der Waals surface area contributed by atoms with Gasteiger partial charge in [-0.1, -0.05) is 258 Å². The number of aliphatic hydroxyl groups is 2. The predicted octanol–water partition coefficient (Wildman–Crippen LogP) is 16.5. The highest BCUT2D eigenvalue weighted by Crippen LogP contribution is 2.18. The number of carbonyl (C=O) groups excluding carboxylic acids is 2. The highest BCUT2D eigenvalue weighted by atomic mass is 16.5. The van der Waals surface area contributed by atoms with Crippen LogP contribution < -0.4 is 5.32 Å². The first-order valence-electron chi connectivity index (χ1n) is 27.4. The molecule has 0 heterocycles. The van der Waals surface area contributed by atoms with Crippen molar-refractivity contribution < 1.29 is 24.5 Å². The van der Waals surface area contributed by atoms with E-state index in [9.17, 15) is 19.8 Å². The maximum absolute atomic E-state index is 13.2. The van der Waals surface area contributed by atoms with Crippen LogP contribution in [0.1, 0.15) is 303 Å². The predicted molar refractivity (Wildman–Crippen MR) is 264 cm³/mol. The van der Waals surface area contributed by atoms with Gasteiger partial charge in [-0.2, -0.15) is 0 Å². The molecule has 3 N–H and O–H groups in total. The molecule has 0 aromatic carbocycles. The molecule has 0 bridgehead atoms. The molecule has 0 radical (unpaired) electrons. The zero-order valence-electron chi connectivity index (χ0n) is 41.3. The summed E-state index contributed by atoms with van der Waals surface area (Å²) >= 11 is 0. The van der Waals surface area contributed by atoms with Crippen LogP contribution in [-0.4, -0.2) is 46.9 Å². The third-order valence-corrected chi connectivity index (χ3v) is 12.8. The Morgan fingerprint density at radius 2 is 0.803 bits per heavy atom. The van der Waals surface area contributed by atoms with Gasteiger partial charge in [0.2, 0.25) is 5.91 Å². The Labute approximate surface area is 380 Å². The van der Waals surface area contributed by atoms with Crippen molar-refractivity contribution in [2.45, 2.75) is 322 Å². The number of carbonyl (C=O) groups is 2. The van der Waals surface area contributed by atoms with Crippen molar-refractivity contribution in [3.63, 3.8) is 0 Å². The molecular weight excluding hydrogens is 755 g/mol. The second-order valence-electron chi connectivity index (χ2n) is 19.0. The van der Waals surface area contributed by atoms with E-state index in [4.69, 9.17) is 4.74 Å². The number of ether oxygens (including phenoxy) is 1. The lowest BCUT2D eigenvalue weighted by Gasteiger charge is -2.24. The Morgan fingerprint density at radius 1 is 0.459 bits per heavy atom. The van der Waals surface area contributed by atoms with Gasteiger partial charge in [-0.3, -0.25) is 9.59 Å². The lowest BCUT2D eigenvalue weighted by Crippen LogP contribution is -2.46. The van der Waals surface area contributed by atoms with Gasteiger partial charge >= 0.3 is 5.97 Å². The Hall–Kier alpha value is -1.40. The van der Waals surface area contributed by atoms with Crippen LogP contribution in [0.15, 0.2) is 12.2 Å². The summed E-state index contributed by atoms with van der Waals surface area (Å²) in [5.74, 6) is -0.484. The number of allylic oxidation sites excluding steroid dienone is 2. The summed E-state index contributed by atoms with van der Waals surface area (Å²) in [6.45, 7) is 6.50. The molecule has 6 heteroatoms. The summed E-state index contributed by atoms with van der Waals surface area (Å²) in [4.78, 5) is 26.1. The van der Waals surface area contributed by atoms with Crippen molar-refractivity contribution in [1.82, 2.24) is 5.32 Å². The molecule has 0 aliphatic rings. The van der Waals surface area contributed by atoms with Gasteiger partial charge in [0.1, 0.15) is 6.10 Å². The SMILES string of the molecule is CCCCCCCC/C=C\CCCC(CC(=O)NC(CO)C(O)CCCCCCCCCCCCCCCC)OC(=O)CCCCCCCCCCCCCCCCCCC. The minimum absolute atomic E-state index is 0.0638. The molecule has 3 atom stereocenters. The van der Waals surface area contributed by atoms with Gasteiger partial charge < -0.3 is 20.3 Å². The van der Waals surface area contributed by atoms with E-state index in [0.29, 0.717) is 19.3 Å². The van der Waals surface area contributed by atoms with E-state index in [2.05, 4.69) is 38.2 Å². The largest absolute Gasteiger partial charge is 0.462 e. The quantitative estimate of drug-likeness (QED) is 0.0322. The van der Waals surface area contributed by atoms with Crippen molar-refractivity contribution in [1.29, 1.82) is 0 Å². The van der Waals surface area contributed by atoms with Crippen molar-refractivity contribution in [3.8, 4) is 0 Å². The van der Waals surface area contributed by atoms with E-state index in [1.54, 1.807) is 0 Å². The fourth-order valence-corrected chi connectivity index (χ4v) is 8.67. The van der Waals surface area contributed by atoms with E-state index >= 15 is 0 Å². The van der Waals surface area contributed by atoms with Crippen molar-refractivity contribution >= 4 is 11.9 Å². The van der Waals surface area contributed by atoms with Gasteiger partial charge in [-0.15, -0.1) is 0 Å². The van der Waals surface area contributed by atoms with Crippen LogP contribution in [0.5, 0.6) is 0 Å². The number of amides is 1. The second-order valence-corrected chi connectivity index (χ2v) is 19.0. The number of hydrogen-bond donors (Lipinski definition) is 3.